The molecule has 0 radical (unpaired) electrons. The predicted octanol–water partition coefficient (Wildman–Crippen LogP) is 4.45. The van der Waals surface area contributed by atoms with Gasteiger partial charge in [0.05, 0.1) is 25.9 Å². The molecular weight excluding hydrogens is 497 g/mol. The van der Waals surface area contributed by atoms with E-state index in [-0.39, 0.29) is 17.6 Å². The normalized spacial score (nSPS) is 19.6. The summed E-state index contributed by atoms with van der Waals surface area (Å²) in [5, 5.41) is 8.30. The number of anilines is 2. The smallest absolute Gasteiger partial charge is 0.241 e. The molecule has 0 bridgehead atoms. The Hall–Kier alpha value is -4.10. The number of hydrogen-bond acceptors (Lipinski definition) is 6. The van der Waals surface area contributed by atoms with Gasteiger partial charge in [-0.15, -0.1) is 5.10 Å². The van der Waals surface area contributed by atoms with Crippen LogP contribution in [0.4, 0.5) is 21.6 Å². The Bertz CT molecular complexity index is 1400. The van der Waals surface area contributed by atoms with E-state index in [1.807, 2.05) is 36.2 Å². The highest BCUT2D eigenvalue weighted by Gasteiger charge is 2.24. The van der Waals surface area contributed by atoms with E-state index in [1.54, 1.807) is 22.8 Å². The molecule has 3 aromatic rings. The zero-order valence-electron chi connectivity index (χ0n) is 22.4. The molecule has 2 atom stereocenters. The van der Waals surface area contributed by atoms with Crippen molar-refractivity contribution in [3.63, 3.8) is 0 Å². The van der Waals surface area contributed by atoms with Gasteiger partial charge in [0.2, 0.25) is 11.6 Å². The SMILES string of the molecule is [C-]#[N+]c1ccc(-c2cc(NC[C@H]3CCC[C@H](N)C3)nn2-c2ccc(N3CCN(C)C(=O)C3)cc2OC)cc1F. The van der Waals surface area contributed by atoms with Crippen LogP contribution in [0.3, 0.4) is 0 Å². The fourth-order valence-electron chi connectivity index (χ4n) is 5.40. The van der Waals surface area contributed by atoms with Gasteiger partial charge in [0.25, 0.3) is 0 Å². The van der Waals surface area contributed by atoms with Crippen LogP contribution in [0.15, 0.2) is 42.5 Å². The molecule has 10 heteroatoms. The molecule has 0 spiro atoms. The highest BCUT2D eigenvalue weighted by molar-refractivity contribution is 5.83. The lowest BCUT2D eigenvalue weighted by Crippen LogP contribution is -2.48. The lowest BCUT2D eigenvalue weighted by Gasteiger charge is -2.33. The molecule has 2 fully saturated rings. The van der Waals surface area contributed by atoms with Crippen molar-refractivity contribution in [3.05, 3.63) is 59.7 Å². The number of nitrogens with zero attached hydrogens (tertiary/aromatic N) is 5. The second-order valence-corrected chi connectivity index (χ2v) is 10.4. The van der Waals surface area contributed by atoms with Crippen LogP contribution in [0.5, 0.6) is 5.75 Å². The molecule has 1 aromatic heterocycles. The van der Waals surface area contributed by atoms with Gasteiger partial charge in [0.1, 0.15) is 23.1 Å². The number of benzene rings is 2. The average molecular weight is 532 g/mol. The molecule has 1 saturated heterocycles. The van der Waals surface area contributed by atoms with Crippen LogP contribution < -0.4 is 20.7 Å². The third kappa shape index (κ3) is 5.68. The number of ether oxygens (including phenoxy) is 1. The van der Waals surface area contributed by atoms with E-state index in [0.29, 0.717) is 47.5 Å². The van der Waals surface area contributed by atoms with Crippen LogP contribution >= 0.6 is 0 Å². The molecule has 1 aliphatic carbocycles. The number of likely N-dealkylation sites (N-methyl/N-ethyl adjacent to an activating group) is 1. The monoisotopic (exact) mass is 531 g/mol. The number of carbonyl (C=O) groups is 1. The van der Waals surface area contributed by atoms with Gasteiger partial charge in [-0.1, -0.05) is 18.6 Å². The molecule has 2 aliphatic rings. The summed E-state index contributed by atoms with van der Waals surface area (Å²) in [4.78, 5) is 19.3. The summed E-state index contributed by atoms with van der Waals surface area (Å²) in [6.45, 7) is 9.63. The highest BCUT2D eigenvalue weighted by Crippen LogP contribution is 2.35. The summed E-state index contributed by atoms with van der Waals surface area (Å²) in [7, 11) is 3.40. The van der Waals surface area contributed by atoms with Crippen molar-refractivity contribution in [2.75, 3.05) is 50.6 Å². The molecule has 3 N–H and O–H groups in total. The second-order valence-electron chi connectivity index (χ2n) is 10.4. The minimum absolute atomic E-state index is 0.0274. The summed E-state index contributed by atoms with van der Waals surface area (Å²) in [6.07, 6.45) is 4.30. The van der Waals surface area contributed by atoms with Crippen LogP contribution in [-0.4, -0.2) is 67.0 Å². The lowest BCUT2D eigenvalue weighted by molar-refractivity contribution is -0.129. The van der Waals surface area contributed by atoms with Crippen molar-refractivity contribution in [1.29, 1.82) is 0 Å². The standard InChI is InChI=1S/C29H34FN7O2/c1-32-24-9-7-20(14-23(24)30)26-16-28(33-17-19-5-4-6-21(31)13-19)34-37(26)25-10-8-22(15-27(25)39-3)36-12-11-35(2)29(38)18-36/h7-10,14-16,19,21H,4-6,11-13,17-18,31H2,2-3H3,(H,33,34)/t19-,21-/m0/s1. The molecule has 1 amide bonds. The number of nitrogens with two attached hydrogens (primary N) is 1. The number of nitrogens with one attached hydrogen (secondary N) is 1. The Morgan fingerprint density at radius 2 is 2.05 bits per heavy atom. The molecule has 204 valence electrons. The predicted molar refractivity (Wildman–Crippen MR) is 150 cm³/mol. The number of methoxy groups -OCH3 is 1. The third-order valence-corrected chi connectivity index (χ3v) is 7.68. The van der Waals surface area contributed by atoms with Gasteiger partial charge in [-0.25, -0.2) is 13.9 Å². The molecule has 1 aliphatic heterocycles. The maximum absolute atomic E-state index is 14.6. The Kier molecular flexibility index (Phi) is 7.70. The number of hydrogen-bond donors (Lipinski definition) is 2. The molecule has 5 rings (SSSR count). The highest BCUT2D eigenvalue weighted by atomic mass is 19.1. The van der Waals surface area contributed by atoms with Gasteiger partial charge in [-0.3, -0.25) is 4.79 Å². The van der Waals surface area contributed by atoms with Gasteiger partial charge in [0.15, 0.2) is 0 Å². The number of piperazine rings is 1. The largest absolute Gasteiger partial charge is 0.494 e. The number of halogens is 1. The van der Waals surface area contributed by atoms with Crippen molar-refractivity contribution in [2.45, 2.75) is 31.7 Å². The van der Waals surface area contributed by atoms with Crippen LogP contribution in [0.25, 0.3) is 21.8 Å². The number of rotatable bonds is 7. The average Bonchev–Trinajstić information content (AvgIpc) is 3.37. The van der Waals surface area contributed by atoms with E-state index in [4.69, 9.17) is 22.1 Å². The third-order valence-electron chi connectivity index (χ3n) is 7.68. The molecule has 2 aromatic carbocycles. The molecule has 39 heavy (non-hydrogen) atoms. The summed E-state index contributed by atoms with van der Waals surface area (Å²) in [5.74, 6) is 1.19. The summed E-state index contributed by atoms with van der Waals surface area (Å²) >= 11 is 0. The van der Waals surface area contributed by atoms with Crippen molar-refractivity contribution in [1.82, 2.24) is 14.7 Å². The van der Waals surface area contributed by atoms with Gasteiger partial charge in [-0.05, 0) is 43.4 Å². The fourth-order valence-corrected chi connectivity index (χ4v) is 5.40. The zero-order valence-corrected chi connectivity index (χ0v) is 22.4. The van der Waals surface area contributed by atoms with Crippen molar-refractivity contribution < 1.29 is 13.9 Å². The maximum atomic E-state index is 14.6. The first-order valence-electron chi connectivity index (χ1n) is 13.3. The van der Waals surface area contributed by atoms with E-state index in [2.05, 4.69) is 10.2 Å². The zero-order chi connectivity index (χ0) is 27.5. The summed E-state index contributed by atoms with van der Waals surface area (Å²) in [6, 6.07) is 12.5. The van der Waals surface area contributed by atoms with Crippen molar-refractivity contribution in [3.8, 4) is 22.7 Å². The maximum Gasteiger partial charge on any atom is 0.241 e. The van der Waals surface area contributed by atoms with Crippen molar-refractivity contribution in [2.24, 2.45) is 11.7 Å². The Morgan fingerprint density at radius 1 is 1.21 bits per heavy atom. The number of amides is 1. The second kappa shape index (κ2) is 11.3. The minimum atomic E-state index is -0.581. The minimum Gasteiger partial charge on any atom is -0.494 e. The van der Waals surface area contributed by atoms with Gasteiger partial charge in [-0.2, -0.15) is 0 Å². The molecule has 1 saturated carbocycles. The van der Waals surface area contributed by atoms with E-state index < -0.39 is 5.82 Å². The summed E-state index contributed by atoms with van der Waals surface area (Å²) < 4.78 is 22.1. The van der Waals surface area contributed by atoms with E-state index >= 15 is 0 Å². The molecule has 0 unspecified atom stereocenters. The van der Waals surface area contributed by atoms with Gasteiger partial charge in [0, 0.05) is 56.1 Å². The Morgan fingerprint density at radius 3 is 2.77 bits per heavy atom. The number of aromatic nitrogens is 2. The van der Waals surface area contributed by atoms with Crippen LogP contribution in [0, 0.1) is 18.3 Å². The first-order chi connectivity index (χ1) is 18.9. The van der Waals surface area contributed by atoms with E-state index in [1.165, 1.54) is 12.1 Å². The summed E-state index contributed by atoms with van der Waals surface area (Å²) in [5.41, 5.74) is 8.97. The molecule has 2 heterocycles. The van der Waals surface area contributed by atoms with Crippen LogP contribution in [-0.2, 0) is 4.79 Å². The first-order valence-corrected chi connectivity index (χ1v) is 13.3. The lowest BCUT2D eigenvalue weighted by atomic mass is 9.86. The fraction of sp³-hybridized carbons (Fsp3) is 0.414. The number of carbonyl (C=O) groups excluding carboxylic acids is 1. The quantitative estimate of drug-likeness (QED) is 0.438. The Balaban J connectivity index is 1.50. The van der Waals surface area contributed by atoms with E-state index in [0.717, 1.165) is 44.5 Å². The Labute approximate surface area is 228 Å². The van der Waals surface area contributed by atoms with E-state index in [9.17, 15) is 9.18 Å². The first kappa shape index (κ1) is 26.5. The van der Waals surface area contributed by atoms with Gasteiger partial charge < -0.3 is 25.6 Å². The van der Waals surface area contributed by atoms with Crippen LogP contribution in [0.2, 0.25) is 0 Å². The molecular formula is C29H34FN7O2. The van der Waals surface area contributed by atoms with Crippen molar-refractivity contribution >= 4 is 23.1 Å². The van der Waals surface area contributed by atoms with Crippen LogP contribution in [0.1, 0.15) is 25.7 Å². The molecule has 9 nitrogen and oxygen atoms in total. The topological polar surface area (TPSA) is 93.0 Å². The van der Waals surface area contributed by atoms with Gasteiger partial charge >= 0.3 is 0 Å².